The minimum atomic E-state index is -4.68. The third kappa shape index (κ3) is 3.06. The molecule has 1 aromatic rings. The van der Waals surface area contributed by atoms with Crippen LogP contribution in [0.25, 0.3) is 0 Å². The summed E-state index contributed by atoms with van der Waals surface area (Å²) >= 11 is 0. The van der Waals surface area contributed by atoms with Crippen LogP contribution >= 0.6 is 0 Å². The van der Waals surface area contributed by atoms with Gasteiger partial charge in [-0.1, -0.05) is 25.9 Å². The van der Waals surface area contributed by atoms with E-state index in [0.717, 1.165) is 6.92 Å². The normalized spacial score (nSPS) is 18.2. The van der Waals surface area contributed by atoms with Crippen molar-refractivity contribution in [2.45, 2.75) is 45.5 Å². The predicted molar refractivity (Wildman–Crippen MR) is 61.1 cm³/mol. The van der Waals surface area contributed by atoms with E-state index in [4.69, 9.17) is 10.5 Å². The third-order valence-electron chi connectivity index (χ3n) is 2.73. The molecule has 1 aromatic heterocycles. The van der Waals surface area contributed by atoms with E-state index in [9.17, 15) is 13.2 Å². The van der Waals surface area contributed by atoms with Gasteiger partial charge in [-0.3, -0.25) is 0 Å². The summed E-state index contributed by atoms with van der Waals surface area (Å²) < 4.78 is 48.1. The fourth-order valence-electron chi connectivity index (χ4n) is 1.52. The van der Waals surface area contributed by atoms with Gasteiger partial charge in [0.1, 0.15) is 6.10 Å². The molecule has 19 heavy (non-hydrogen) atoms. The number of nitrogens with zero attached hydrogens (tertiary/aromatic N) is 2. The Morgan fingerprint density at radius 2 is 1.74 bits per heavy atom. The molecule has 1 heterocycles. The highest BCUT2D eigenvalue weighted by atomic mass is 19.4. The van der Waals surface area contributed by atoms with Crippen LogP contribution in [0, 0.1) is 5.41 Å². The molecule has 1 rings (SSSR count). The Hall–Kier alpha value is -1.15. The summed E-state index contributed by atoms with van der Waals surface area (Å²) in [5, 5.41) is 3.54. The second kappa shape index (κ2) is 4.75. The molecule has 0 bridgehead atoms. The van der Waals surface area contributed by atoms with E-state index in [1.807, 2.05) is 20.8 Å². The summed E-state index contributed by atoms with van der Waals surface area (Å²) in [4.78, 5) is 3.74. The predicted octanol–water partition coefficient (Wildman–Crippen LogP) is 2.54. The zero-order chi connectivity index (χ0) is 15.1. The Labute approximate surface area is 109 Å². The van der Waals surface area contributed by atoms with Crippen molar-refractivity contribution in [3.8, 4) is 0 Å². The van der Waals surface area contributed by atoms with Crippen molar-refractivity contribution in [1.29, 1.82) is 0 Å². The minimum absolute atomic E-state index is 0.0472. The quantitative estimate of drug-likeness (QED) is 0.921. The van der Waals surface area contributed by atoms with Gasteiger partial charge in [0.05, 0.1) is 0 Å². The van der Waals surface area contributed by atoms with E-state index in [2.05, 4.69) is 14.7 Å². The van der Waals surface area contributed by atoms with Gasteiger partial charge in [-0.2, -0.15) is 18.2 Å². The van der Waals surface area contributed by atoms with Crippen LogP contribution in [0.15, 0.2) is 4.52 Å². The number of nitrogens with two attached hydrogens (primary N) is 1. The van der Waals surface area contributed by atoms with Gasteiger partial charge in [-0.05, 0) is 12.3 Å². The Balaban J connectivity index is 3.13. The second-order valence-electron chi connectivity index (χ2n) is 5.64. The van der Waals surface area contributed by atoms with Crippen molar-refractivity contribution < 1.29 is 22.4 Å². The third-order valence-corrected chi connectivity index (χ3v) is 2.73. The number of alkyl halides is 3. The minimum Gasteiger partial charge on any atom is -0.373 e. The Bertz CT molecular complexity index is 435. The average Bonchev–Trinajstić information content (AvgIpc) is 2.64. The first-order chi connectivity index (χ1) is 8.41. The molecule has 0 saturated carbocycles. The summed E-state index contributed by atoms with van der Waals surface area (Å²) in [6, 6.07) is 0. The largest absolute Gasteiger partial charge is 0.415 e. The molecule has 0 amide bonds. The first-order valence-corrected chi connectivity index (χ1v) is 5.63. The SMILES string of the molecule is COC(c1noc(C(C)(N)C(F)(F)F)n1)C(C)(C)C. The van der Waals surface area contributed by atoms with Crippen molar-refractivity contribution >= 4 is 0 Å². The lowest BCUT2D eigenvalue weighted by Gasteiger charge is -2.26. The number of halogens is 3. The molecule has 8 heteroatoms. The Morgan fingerprint density at radius 1 is 1.21 bits per heavy atom. The van der Waals surface area contributed by atoms with Crippen LogP contribution in [-0.2, 0) is 10.3 Å². The van der Waals surface area contributed by atoms with Crippen LogP contribution in [0.2, 0.25) is 0 Å². The first kappa shape index (κ1) is 15.9. The summed E-state index contributed by atoms with van der Waals surface area (Å²) in [6.07, 6.45) is -5.27. The van der Waals surface area contributed by atoms with Gasteiger partial charge in [0, 0.05) is 7.11 Å². The molecule has 2 N–H and O–H groups in total. The Kier molecular flexibility index (Phi) is 3.98. The van der Waals surface area contributed by atoms with Gasteiger partial charge in [0.25, 0.3) is 5.89 Å². The van der Waals surface area contributed by atoms with Crippen LogP contribution in [-0.4, -0.2) is 23.4 Å². The average molecular weight is 281 g/mol. The van der Waals surface area contributed by atoms with E-state index in [1.54, 1.807) is 0 Å². The first-order valence-electron chi connectivity index (χ1n) is 5.63. The van der Waals surface area contributed by atoms with Gasteiger partial charge >= 0.3 is 6.18 Å². The molecule has 5 nitrogen and oxygen atoms in total. The maximum atomic E-state index is 12.8. The molecule has 0 aliphatic heterocycles. The van der Waals surface area contributed by atoms with Crippen LogP contribution in [0.1, 0.15) is 45.5 Å². The summed E-state index contributed by atoms with van der Waals surface area (Å²) in [5.41, 5.74) is 2.14. The van der Waals surface area contributed by atoms with Crippen LogP contribution in [0.5, 0.6) is 0 Å². The van der Waals surface area contributed by atoms with Crippen LogP contribution in [0.3, 0.4) is 0 Å². The monoisotopic (exact) mass is 281 g/mol. The standard InChI is InChI=1S/C11H18F3N3O2/c1-9(2,3)6(18-5)7-16-8(19-17-7)10(4,15)11(12,13)14/h6H,15H2,1-5H3. The summed E-state index contributed by atoms with van der Waals surface area (Å²) in [6.45, 7) is 6.33. The molecule has 0 radical (unpaired) electrons. The molecule has 0 saturated heterocycles. The number of hydrogen-bond acceptors (Lipinski definition) is 5. The summed E-state index contributed by atoms with van der Waals surface area (Å²) in [5.74, 6) is -0.632. The number of methoxy groups -OCH3 is 1. The molecule has 2 unspecified atom stereocenters. The van der Waals surface area contributed by atoms with Crippen LogP contribution in [0.4, 0.5) is 13.2 Å². The highest BCUT2D eigenvalue weighted by Gasteiger charge is 2.54. The van der Waals surface area contributed by atoms with Gasteiger partial charge in [-0.15, -0.1) is 0 Å². The van der Waals surface area contributed by atoms with E-state index in [-0.39, 0.29) is 11.2 Å². The van der Waals surface area contributed by atoms with Crippen molar-refractivity contribution in [2.24, 2.45) is 11.1 Å². The number of aromatic nitrogens is 2. The lowest BCUT2D eigenvalue weighted by molar-refractivity contribution is -0.190. The molecule has 2 atom stereocenters. The molecule has 0 fully saturated rings. The maximum Gasteiger partial charge on any atom is 0.415 e. The van der Waals surface area contributed by atoms with Gasteiger partial charge < -0.3 is 15.0 Å². The van der Waals surface area contributed by atoms with E-state index in [1.165, 1.54) is 7.11 Å². The van der Waals surface area contributed by atoms with Gasteiger partial charge in [0.2, 0.25) is 5.82 Å². The van der Waals surface area contributed by atoms with Crippen molar-refractivity contribution in [2.75, 3.05) is 7.11 Å². The fourth-order valence-corrected chi connectivity index (χ4v) is 1.52. The highest BCUT2D eigenvalue weighted by Crippen LogP contribution is 2.38. The van der Waals surface area contributed by atoms with E-state index < -0.39 is 23.7 Å². The van der Waals surface area contributed by atoms with Crippen molar-refractivity contribution in [3.05, 3.63) is 11.7 Å². The van der Waals surface area contributed by atoms with Gasteiger partial charge in [0.15, 0.2) is 5.54 Å². The lowest BCUT2D eigenvalue weighted by Crippen LogP contribution is -2.48. The number of rotatable bonds is 3. The molecular weight excluding hydrogens is 263 g/mol. The summed E-state index contributed by atoms with van der Waals surface area (Å²) in [7, 11) is 1.43. The molecule has 0 spiro atoms. The molecule has 110 valence electrons. The highest BCUT2D eigenvalue weighted by molar-refractivity contribution is 5.06. The van der Waals surface area contributed by atoms with Crippen LogP contribution < -0.4 is 5.73 Å². The smallest absolute Gasteiger partial charge is 0.373 e. The lowest BCUT2D eigenvalue weighted by atomic mass is 9.88. The Morgan fingerprint density at radius 3 is 2.11 bits per heavy atom. The molecule has 0 aliphatic rings. The zero-order valence-corrected chi connectivity index (χ0v) is 11.5. The zero-order valence-electron chi connectivity index (χ0n) is 11.5. The van der Waals surface area contributed by atoms with E-state index >= 15 is 0 Å². The molecular formula is C11H18F3N3O2. The molecule has 0 aromatic carbocycles. The van der Waals surface area contributed by atoms with Crippen molar-refractivity contribution in [1.82, 2.24) is 10.1 Å². The second-order valence-corrected chi connectivity index (χ2v) is 5.64. The number of hydrogen-bond donors (Lipinski definition) is 1. The molecule has 0 aliphatic carbocycles. The topological polar surface area (TPSA) is 74.2 Å². The van der Waals surface area contributed by atoms with Crippen molar-refractivity contribution in [3.63, 3.8) is 0 Å². The maximum absolute atomic E-state index is 12.8. The number of ether oxygens (including phenoxy) is 1. The van der Waals surface area contributed by atoms with E-state index in [0.29, 0.717) is 0 Å². The van der Waals surface area contributed by atoms with Gasteiger partial charge in [-0.25, -0.2) is 0 Å². The fraction of sp³-hybridized carbons (Fsp3) is 0.818.